The third-order valence-corrected chi connectivity index (χ3v) is 4.80. The van der Waals surface area contributed by atoms with Crippen molar-refractivity contribution >= 4 is 47.8 Å². The standard InChI is InChI=1S/C12H9Br3N/c13-10-7-12(15)11(14)6-9(10)8-16-4-2-1-3-5-16/h1-7H,8H2/q+1. The van der Waals surface area contributed by atoms with E-state index in [1.165, 1.54) is 5.56 Å². The predicted octanol–water partition coefficient (Wildman–Crippen LogP) is 4.31. The van der Waals surface area contributed by atoms with E-state index in [2.05, 4.69) is 76.9 Å². The van der Waals surface area contributed by atoms with E-state index in [4.69, 9.17) is 0 Å². The number of hydrogen-bond acceptors (Lipinski definition) is 0. The van der Waals surface area contributed by atoms with Crippen LogP contribution in [0.25, 0.3) is 0 Å². The molecule has 82 valence electrons. The van der Waals surface area contributed by atoms with Crippen LogP contribution in [0.4, 0.5) is 0 Å². The Hall–Kier alpha value is -0.190. The summed E-state index contributed by atoms with van der Waals surface area (Å²) in [5.74, 6) is 0. The molecule has 0 spiro atoms. The van der Waals surface area contributed by atoms with E-state index in [1.54, 1.807) is 0 Å². The van der Waals surface area contributed by atoms with Gasteiger partial charge in [0.05, 0.1) is 0 Å². The van der Waals surface area contributed by atoms with E-state index in [0.29, 0.717) is 0 Å². The molecule has 0 aliphatic heterocycles. The van der Waals surface area contributed by atoms with E-state index in [9.17, 15) is 0 Å². The fraction of sp³-hybridized carbons (Fsp3) is 0.0833. The Balaban J connectivity index is 2.32. The Kier molecular flexibility index (Phi) is 4.16. The second kappa shape index (κ2) is 5.43. The van der Waals surface area contributed by atoms with Gasteiger partial charge in [0.25, 0.3) is 0 Å². The molecule has 0 bridgehead atoms. The minimum Gasteiger partial charge on any atom is -0.201 e. The minimum atomic E-state index is 0.854. The molecule has 0 aliphatic carbocycles. The number of rotatable bonds is 2. The van der Waals surface area contributed by atoms with Gasteiger partial charge >= 0.3 is 0 Å². The quantitative estimate of drug-likeness (QED) is 0.517. The summed E-state index contributed by atoms with van der Waals surface area (Å²) >= 11 is 10.6. The number of halogens is 3. The number of nitrogens with zero attached hydrogens (tertiary/aromatic N) is 1. The van der Waals surface area contributed by atoms with Gasteiger partial charge in [-0.3, -0.25) is 0 Å². The van der Waals surface area contributed by atoms with Crippen molar-refractivity contribution in [1.82, 2.24) is 0 Å². The molecular weight excluding hydrogens is 398 g/mol. The van der Waals surface area contributed by atoms with Gasteiger partial charge in [-0.25, -0.2) is 4.57 Å². The molecule has 2 aromatic rings. The summed E-state index contributed by atoms with van der Waals surface area (Å²) in [5.41, 5.74) is 1.24. The first-order valence-corrected chi connectivity index (χ1v) is 7.12. The number of hydrogen-bond donors (Lipinski definition) is 0. The topological polar surface area (TPSA) is 3.88 Å². The fourth-order valence-electron chi connectivity index (χ4n) is 1.42. The third kappa shape index (κ3) is 2.93. The lowest BCUT2D eigenvalue weighted by Crippen LogP contribution is -2.32. The van der Waals surface area contributed by atoms with Gasteiger partial charge in [-0.15, -0.1) is 0 Å². The highest BCUT2D eigenvalue weighted by Crippen LogP contribution is 2.29. The Morgan fingerprint density at radius 1 is 0.812 bits per heavy atom. The Labute approximate surface area is 120 Å². The summed E-state index contributed by atoms with van der Waals surface area (Å²) in [6.45, 7) is 0.854. The minimum absolute atomic E-state index is 0.854. The molecule has 1 aromatic carbocycles. The van der Waals surface area contributed by atoms with Crippen molar-refractivity contribution in [2.45, 2.75) is 6.54 Å². The van der Waals surface area contributed by atoms with Crippen molar-refractivity contribution < 1.29 is 4.57 Å². The Bertz CT molecular complexity index is 497. The summed E-state index contributed by atoms with van der Waals surface area (Å²) in [4.78, 5) is 0. The molecule has 0 N–H and O–H groups in total. The van der Waals surface area contributed by atoms with Crippen LogP contribution >= 0.6 is 47.8 Å². The fourth-order valence-corrected chi connectivity index (χ4v) is 2.93. The Morgan fingerprint density at radius 2 is 1.44 bits per heavy atom. The molecule has 0 fully saturated rings. The molecule has 0 amide bonds. The van der Waals surface area contributed by atoms with Gasteiger partial charge < -0.3 is 0 Å². The Morgan fingerprint density at radius 3 is 2.12 bits per heavy atom. The molecule has 1 heterocycles. The first kappa shape index (κ1) is 12.3. The first-order chi connectivity index (χ1) is 7.66. The predicted molar refractivity (Wildman–Crippen MR) is 75.3 cm³/mol. The highest BCUT2D eigenvalue weighted by Gasteiger charge is 2.09. The molecule has 0 atom stereocenters. The number of benzene rings is 1. The van der Waals surface area contributed by atoms with Crippen molar-refractivity contribution in [1.29, 1.82) is 0 Å². The zero-order valence-corrected chi connectivity index (χ0v) is 13.1. The molecular formula is C12H9Br3N+. The van der Waals surface area contributed by atoms with Crippen LogP contribution in [0.5, 0.6) is 0 Å². The average molecular weight is 407 g/mol. The maximum absolute atomic E-state index is 3.57. The normalized spacial score (nSPS) is 10.4. The molecule has 1 nitrogen and oxygen atoms in total. The molecule has 0 saturated carbocycles. The van der Waals surface area contributed by atoms with E-state index < -0.39 is 0 Å². The summed E-state index contributed by atoms with van der Waals surface area (Å²) in [5, 5.41) is 0. The smallest absolute Gasteiger partial charge is 0.174 e. The molecule has 1 aromatic heterocycles. The molecule has 0 aliphatic rings. The lowest BCUT2D eigenvalue weighted by Gasteiger charge is -2.04. The second-order valence-electron chi connectivity index (χ2n) is 3.41. The largest absolute Gasteiger partial charge is 0.201 e. The average Bonchev–Trinajstić information content (AvgIpc) is 2.27. The van der Waals surface area contributed by atoms with Crippen LogP contribution in [0.3, 0.4) is 0 Å². The van der Waals surface area contributed by atoms with Crippen molar-refractivity contribution in [3.63, 3.8) is 0 Å². The van der Waals surface area contributed by atoms with Crippen molar-refractivity contribution in [3.8, 4) is 0 Å². The van der Waals surface area contributed by atoms with E-state index in [1.807, 2.05) is 18.2 Å². The van der Waals surface area contributed by atoms with Gasteiger partial charge in [0.15, 0.2) is 18.9 Å². The zero-order valence-electron chi connectivity index (χ0n) is 8.33. The van der Waals surface area contributed by atoms with Gasteiger partial charge in [-0.1, -0.05) is 22.0 Å². The van der Waals surface area contributed by atoms with Crippen LogP contribution in [-0.4, -0.2) is 0 Å². The van der Waals surface area contributed by atoms with E-state index in [0.717, 1.165) is 20.0 Å². The third-order valence-electron chi connectivity index (χ3n) is 2.22. The van der Waals surface area contributed by atoms with Gasteiger partial charge in [0, 0.05) is 31.1 Å². The molecule has 4 heteroatoms. The summed E-state index contributed by atoms with van der Waals surface area (Å²) in [7, 11) is 0. The summed E-state index contributed by atoms with van der Waals surface area (Å²) in [6.07, 6.45) is 4.12. The van der Waals surface area contributed by atoms with Crippen LogP contribution in [0.1, 0.15) is 5.56 Å². The molecule has 0 saturated heterocycles. The maximum atomic E-state index is 3.57. The van der Waals surface area contributed by atoms with Crippen molar-refractivity contribution in [3.05, 3.63) is 61.7 Å². The maximum Gasteiger partial charge on any atom is 0.174 e. The highest BCUT2D eigenvalue weighted by molar-refractivity contribution is 9.13. The monoisotopic (exact) mass is 404 g/mol. The van der Waals surface area contributed by atoms with E-state index in [-0.39, 0.29) is 0 Å². The molecule has 0 unspecified atom stereocenters. The van der Waals surface area contributed by atoms with Crippen LogP contribution in [-0.2, 0) is 6.54 Å². The van der Waals surface area contributed by atoms with Crippen LogP contribution < -0.4 is 4.57 Å². The van der Waals surface area contributed by atoms with Crippen molar-refractivity contribution in [2.24, 2.45) is 0 Å². The van der Waals surface area contributed by atoms with Crippen molar-refractivity contribution in [2.75, 3.05) is 0 Å². The van der Waals surface area contributed by atoms with Gasteiger partial charge in [-0.2, -0.15) is 0 Å². The molecule has 2 rings (SSSR count). The lowest BCUT2D eigenvalue weighted by atomic mass is 10.2. The summed E-state index contributed by atoms with van der Waals surface area (Å²) < 4.78 is 5.38. The van der Waals surface area contributed by atoms with Crippen LogP contribution in [0.2, 0.25) is 0 Å². The number of aromatic nitrogens is 1. The molecule has 0 radical (unpaired) electrons. The lowest BCUT2D eigenvalue weighted by molar-refractivity contribution is -0.688. The highest BCUT2D eigenvalue weighted by atomic mass is 79.9. The van der Waals surface area contributed by atoms with Crippen LogP contribution in [0, 0.1) is 0 Å². The van der Waals surface area contributed by atoms with Gasteiger partial charge in [0.2, 0.25) is 0 Å². The first-order valence-electron chi connectivity index (χ1n) is 4.74. The number of pyridine rings is 1. The zero-order chi connectivity index (χ0) is 11.5. The van der Waals surface area contributed by atoms with Gasteiger partial charge in [0.1, 0.15) is 0 Å². The summed E-state index contributed by atoms with van der Waals surface area (Å²) in [6, 6.07) is 10.3. The second-order valence-corrected chi connectivity index (χ2v) is 5.97. The SMILES string of the molecule is Brc1cc(Br)c(C[n+]2ccccc2)cc1Br. The van der Waals surface area contributed by atoms with Gasteiger partial charge in [-0.05, 0) is 44.0 Å². The molecule has 16 heavy (non-hydrogen) atoms. The van der Waals surface area contributed by atoms with E-state index >= 15 is 0 Å². The van der Waals surface area contributed by atoms with Crippen LogP contribution in [0.15, 0.2) is 56.1 Å².